The van der Waals surface area contributed by atoms with Gasteiger partial charge in [-0.1, -0.05) is 71.6 Å². The molecule has 0 saturated heterocycles. The van der Waals surface area contributed by atoms with Crippen LogP contribution in [-0.2, 0) is 0 Å². The average molecular weight is 201 g/mol. The van der Waals surface area contributed by atoms with Crippen LogP contribution in [-0.4, -0.2) is 14.1 Å². The molecule has 0 rings (SSSR count). The standard InChI is InChI=1S/C11H24.C2H7N/c1-3-5-7-9-11-10-8-6-4-2;1-3-2/h3-11H2,1-2H3;3H,1-2H3. The summed E-state index contributed by atoms with van der Waals surface area (Å²) in [7, 11) is 3.75. The van der Waals surface area contributed by atoms with E-state index in [1.54, 1.807) is 0 Å². The molecule has 0 heterocycles. The topological polar surface area (TPSA) is 12.0 Å². The quantitative estimate of drug-likeness (QED) is 0.575. The molecule has 0 fully saturated rings. The highest BCUT2D eigenvalue weighted by Crippen LogP contribution is 2.08. The molecule has 0 radical (unpaired) electrons. The van der Waals surface area contributed by atoms with Crippen molar-refractivity contribution in [3.05, 3.63) is 0 Å². The fourth-order valence-electron chi connectivity index (χ4n) is 1.38. The Balaban J connectivity index is 0. The Bertz CT molecular complexity index is 63.6. The predicted molar refractivity (Wildman–Crippen MR) is 67.9 cm³/mol. The van der Waals surface area contributed by atoms with E-state index in [1.165, 1.54) is 57.8 Å². The highest BCUT2D eigenvalue weighted by molar-refractivity contribution is 4.44. The van der Waals surface area contributed by atoms with Crippen LogP contribution in [0.25, 0.3) is 0 Å². The van der Waals surface area contributed by atoms with Crippen molar-refractivity contribution < 1.29 is 0 Å². The smallest absolute Gasteiger partial charge is 0.0167 e. The summed E-state index contributed by atoms with van der Waals surface area (Å²) in [4.78, 5) is 0. The lowest BCUT2D eigenvalue weighted by atomic mass is 10.1. The molecule has 0 amide bonds. The van der Waals surface area contributed by atoms with Crippen molar-refractivity contribution in [3.8, 4) is 0 Å². The summed E-state index contributed by atoms with van der Waals surface area (Å²) < 4.78 is 0. The summed E-state index contributed by atoms with van der Waals surface area (Å²) in [5, 5.41) is 2.75. The predicted octanol–water partition coefficient (Wildman–Crippen LogP) is 4.37. The SMILES string of the molecule is CCCCCCCCCCC.CNC. The third-order valence-electron chi connectivity index (χ3n) is 2.21. The van der Waals surface area contributed by atoms with Gasteiger partial charge in [0.25, 0.3) is 0 Å². The zero-order valence-electron chi connectivity index (χ0n) is 10.9. The molecule has 0 aliphatic carbocycles. The second kappa shape index (κ2) is 18.7. The lowest BCUT2D eigenvalue weighted by Gasteiger charge is -1.98. The van der Waals surface area contributed by atoms with Crippen LogP contribution in [0.3, 0.4) is 0 Å². The van der Waals surface area contributed by atoms with E-state index >= 15 is 0 Å². The largest absolute Gasteiger partial charge is 0.323 e. The second-order valence-corrected chi connectivity index (χ2v) is 3.97. The fraction of sp³-hybridized carbons (Fsp3) is 1.00. The Kier molecular flexibility index (Phi) is 21.9. The van der Waals surface area contributed by atoms with Gasteiger partial charge >= 0.3 is 0 Å². The van der Waals surface area contributed by atoms with Gasteiger partial charge in [-0.3, -0.25) is 0 Å². The molecule has 0 aromatic heterocycles. The van der Waals surface area contributed by atoms with Crippen molar-refractivity contribution in [2.45, 2.75) is 71.6 Å². The number of hydrogen-bond acceptors (Lipinski definition) is 1. The van der Waals surface area contributed by atoms with Crippen molar-refractivity contribution in [2.24, 2.45) is 0 Å². The zero-order chi connectivity index (χ0) is 11.1. The summed E-state index contributed by atoms with van der Waals surface area (Å²) in [6, 6.07) is 0. The van der Waals surface area contributed by atoms with Crippen LogP contribution in [0.4, 0.5) is 0 Å². The first kappa shape index (κ1) is 16.4. The van der Waals surface area contributed by atoms with Crippen molar-refractivity contribution in [3.63, 3.8) is 0 Å². The van der Waals surface area contributed by atoms with Gasteiger partial charge in [0, 0.05) is 0 Å². The molecule has 0 aliphatic heterocycles. The maximum atomic E-state index is 2.75. The summed E-state index contributed by atoms with van der Waals surface area (Å²) in [5.74, 6) is 0. The van der Waals surface area contributed by atoms with Crippen molar-refractivity contribution in [2.75, 3.05) is 14.1 Å². The molecular formula is C13H31N. The molecule has 0 aliphatic rings. The lowest BCUT2D eigenvalue weighted by Crippen LogP contribution is -1.89. The minimum absolute atomic E-state index is 1.37. The van der Waals surface area contributed by atoms with Gasteiger partial charge in [-0.2, -0.15) is 0 Å². The van der Waals surface area contributed by atoms with E-state index in [1.807, 2.05) is 14.1 Å². The molecule has 1 heteroatoms. The van der Waals surface area contributed by atoms with Crippen LogP contribution in [0.2, 0.25) is 0 Å². The van der Waals surface area contributed by atoms with Gasteiger partial charge < -0.3 is 5.32 Å². The molecule has 0 spiro atoms. The van der Waals surface area contributed by atoms with Crippen molar-refractivity contribution in [1.29, 1.82) is 0 Å². The average Bonchev–Trinajstić information content (AvgIpc) is 2.18. The normalized spacial score (nSPS) is 9.43. The van der Waals surface area contributed by atoms with Gasteiger partial charge in [-0.05, 0) is 14.1 Å². The maximum Gasteiger partial charge on any atom is -0.0167 e. The molecule has 0 saturated carbocycles. The molecule has 0 unspecified atom stereocenters. The Morgan fingerprint density at radius 3 is 1.00 bits per heavy atom. The van der Waals surface area contributed by atoms with E-state index in [0.29, 0.717) is 0 Å². The molecule has 1 N–H and O–H groups in total. The third kappa shape index (κ3) is 22.7. The number of hydrogen-bond donors (Lipinski definition) is 1. The Morgan fingerprint density at radius 1 is 0.571 bits per heavy atom. The molecule has 0 aromatic rings. The summed E-state index contributed by atoms with van der Waals surface area (Å²) in [6.45, 7) is 4.55. The number of nitrogens with one attached hydrogen (secondary N) is 1. The number of unbranched alkanes of at least 4 members (excludes halogenated alkanes) is 8. The Labute approximate surface area is 91.7 Å². The minimum atomic E-state index is 1.37. The van der Waals surface area contributed by atoms with Gasteiger partial charge in [0.2, 0.25) is 0 Å². The van der Waals surface area contributed by atoms with Crippen LogP contribution in [0.15, 0.2) is 0 Å². The minimum Gasteiger partial charge on any atom is -0.323 e. The summed E-state index contributed by atoms with van der Waals surface area (Å²) in [5.41, 5.74) is 0. The van der Waals surface area contributed by atoms with Crippen LogP contribution in [0, 0.1) is 0 Å². The van der Waals surface area contributed by atoms with Crippen LogP contribution < -0.4 is 5.32 Å². The van der Waals surface area contributed by atoms with Gasteiger partial charge in [0.1, 0.15) is 0 Å². The monoisotopic (exact) mass is 201 g/mol. The highest BCUT2D eigenvalue weighted by atomic mass is 14.7. The van der Waals surface area contributed by atoms with Gasteiger partial charge in [0.15, 0.2) is 0 Å². The lowest BCUT2D eigenvalue weighted by molar-refractivity contribution is 0.572. The first-order valence-electron chi connectivity index (χ1n) is 6.41. The molecular weight excluding hydrogens is 170 g/mol. The van der Waals surface area contributed by atoms with Gasteiger partial charge in [-0.25, -0.2) is 0 Å². The van der Waals surface area contributed by atoms with E-state index in [2.05, 4.69) is 19.2 Å². The summed E-state index contributed by atoms with van der Waals surface area (Å²) >= 11 is 0. The third-order valence-corrected chi connectivity index (χ3v) is 2.21. The Morgan fingerprint density at radius 2 is 0.786 bits per heavy atom. The van der Waals surface area contributed by atoms with Gasteiger partial charge in [0.05, 0.1) is 0 Å². The second-order valence-electron chi connectivity index (χ2n) is 3.97. The molecule has 14 heavy (non-hydrogen) atoms. The van der Waals surface area contributed by atoms with E-state index in [9.17, 15) is 0 Å². The molecule has 0 bridgehead atoms. The van der Waals surface area contributed by atoms with Crippen LogP contribution >= 0.6 is 0 Å². The first-order valence-corrected chi connectivity index (χ1v) is 6.41. The first-order chi connectivity index (χ1) is 6.83. The van der Waals surface area contributed by atoms with Crippen molar-refractivity contribution >= 4 is 0 Å². The summed E-state index contributed by atoms with van der Waals surface area (Å²) in [6.07, 6.45) is 13.0. The van der Waals surface area contributed by atoms with Gasteiger partial charge in [-0.15, -0.1) is 0 Å². The Hall–Kier alpha value is -0.0400. The molecule has 0 atom stereocenters. The van der Waals surface area contributed by atoms with E-state index < -0.39 is 0 Å². The maximum absolute atomic E-state index is 2.75. The number of rotatable bonds is 8. The van der Waals surface area contributed by atoms with Crippen LogP contribution in [0.5, 0.6) is 0 Å². The van der Waals surface area contributed by atoms with Crippen molar-refractivity contribution in [1.82, 2.24) is 5.32 Å². The zero-order valence-corrected chi connectivity index (χ0v) is 10.9. The molecule has 88 valence electrons. The van der Waals surface area contributed by atoms with E-state index in [0.717, 1.165) is 0 Å². The molecule has 1 nitrogen and oxygen atoms in total. The van der Waals surface area contributed by atoms with E-state index in [4.69, 9.17) is 0 Å². The highest BCUT2D eigenvalue weighted by Gasteiger charge is 1.88. The fourth-order valence-corrected chi connectivity index (χ4v) is 1.38. The molecule has 0 aromatic carbocycles. The van der Waals surface area contributed by atoms with E-state index in [-0.39, 0.29) is 0 Å². The van der Waals surface area contributed by atoms with Crippen LogP contribution in [0.1, 0.15) is 71.6 Å².